The van der Waals surface area contributed by atoms with Crippen LogP contribution in [0.15, 0.2) is 12.3 Å². The van der Waals surface area contributed by atoms with Crippen molar-refractivity contribution in [2.75, 3.05) is 19.6 Å². The zero-order valence-electron chi connectivity index (χ0n) is 12.6. The number of rotatable bonds is 6. The minimum Gasteiger partial charge on any atom is -0.313 e. The highest BCUT2D eigenvalue weighted by molar-refractivity contribution is 5.00. The van der Waals surface area contributed by atoms with E-state index in [9.17, 15) is 0 Å². The van der Waals surface area contributed by atoms with E-state index in [0.29, 0.717) is 12.1 Å². The molecule has 0 amide bonds. The molecule has 1 fully saturated rings. The summed E-state index contributed by atoms with van der Waals surface area (Å²) in [6.07, 6.45) is 7.07. The van der Waals surface area contributed by atoms with E-state index in [1.54, 1.807) is 0 Å². The molecule has 1 aromatic heterocycles. The molecule has 1 aliphatic heterocycles. The molecule has 2 heterocycles. The van der Waals surface area contributed by atoms with Gasteiger partial charge in [-0.3, -0.25) is 9.58 Å². The SMILES string of the molecule is CC(C)NCC1CCCCN1CCc1ccnn1C. The normalized spacial score (nSPS) is 21.2. The zero-order chi connectivity index (χ0) is 13.7. The van der Waals surface area contributed by atoms with Crippen LogP contribution < -0.4 is 5.32 Å². The van der Waals surface area contributed by atoms with Crippen LogP contribution in [0.5, 0.6) is 0 Å². The molecule has 1 N–H and O–H groups in total. The van der Waals surface area contributed by atoms with Crippen molar-refractivity contribution in [3.63, 3.8) is 0 Å². The molecule has 1 aromatic rings. The van der Waals surface area contributed by atoms with Crippen molar-refractivity contribution in [1.29, 1.82) is 0 Å². The Labute approximate surface area is 117 Å². The van der Waals surface area contributed by atoms with Gasteiger partial charge in [0.1, 0.15) is 0 Å². The number of aryl methyl sites for hydroxylation is 1. The first kappa shape index (κ1) is 14.5. The Morgan fingerprint density at radius 3 is 2.95 bits per heavy atom. The largest absolute Gasteiger partial charge is 0.313 e. The van der Waals surface area contributed by atoms with Gasteiger partial charge in [0.25, 0.3) is 0 Å². The monoisotopic (exact) mass is 264 g/mol. The third-order valence-electron chi connectivity index (χ3n) is 4.09. The summed E-state index contributed by atoms with van der Waals surface area (Å²) in [7, 11) is 2.03. The third kappa shape index (κ3) is 4.32. The second-order valence-electron chi connectivity index (χ2n) is 5.94. The van der Waals surface area contributed by atoms with Gasteiger partial charge in [-0.2, -0.15) is 5.10 Å². The summed E-state index contributed by atoms with van der Waals surface area (Å²) in [6, 6.07) is 3.43. The number of hydrogen-bond donors (Lipinski definition) is 1. The van der Waals surface area contributed by atoms with E-state index < -0.39 is 0 Å². The molecular weight excluding hydrogens is 236 g/mol. The van der Waals surface area contributed by atoms with Gasteiger partial charge in [-0.05, 0) is 25.5 Å². The Morgan fingerprint density at radius 1 is 1.42 bits per heavy atom. The van der Waals surface area contributed by atoms with Gasteiger partial charge >= 0.3 is 0 Å². The smallest absolute Gasteiger partial charge is 0.0492 e. The third-order valence-corrected chi connectivity index (χ3v) is 4.09. The summed E-state index contributed by atoms with van der Waals surface area (Å²) in [4.78, 5) is 2.66. The molecule has 0 bridgehead atoms. The number of nitrogens with one attached hydrogen (secondary N) is 1. The molecule has 4 heteroatoms. The fourth-order valence-electron chi connectivity index (χ4n) is 2.86. The van der Waals surface area contributed by atoms with Crippen LogP contribution >= 0.6 is 0 Å². The molecule has 1 atom stereocenters. The van der Waals surface area contributed by atoms with E-state index >= 15 is 0 Å². The standard InChI is InChI=1S/C15H28N4/c1-13(2)16-12-15-6-4-5-10-19(15)11-8-14-7-9-17-18(14)3/h7,9,13,15-16H,4-6,8,10-12H2,1-3H3. The van der Waals surface area contributed by atoms with Crippen molar-refractivity contribution in [2.45, 2.75) is 51.6 Å². The highest BCUT2D eigenvalue weighted by atomic mass is 15.3. The first-order valence-corrected chi connectivity index (χ1v) is 7.61. The highest BCUT2D eigenvalue weighted by Gasteiger charge is 2.22. The van der Waals surface area contributed by atoms with Gasteiger partial charge in [-0.1, -0.05) is 20.3 Å². The van der Waals surface area contributed by atoms with Gasteiger partial charge in [0.05, 0.1) is 0 Å². The first-order valence-electron chi connectivity index (χ1n) is 7.61. The van der Waals surface area contributed by atoms with E-state index in [1.165, 1.54) is 31.5 Å². The van der Waals surface area contributed by atoms with Crippen molar-refractivity contribution in [1.82, 2.24) is 20.0 Å². The van der Waals surface area contributed by atoms with Crippen molar-refractivity contribution < 1.29 is 0 Å². The van der Waals surface area contributed by atoms with Gasteiger partial charge < -0.3 is 5.32 Å². The van der Waals surface area contributed by atoms with E-state index in [4.69, 9.17) is 0 Å². The molecule has 1 unspecified atom stereocenters. The summed E-state index contributed by atoms with van der Waals surface area (Å²) in [5.41, 5.74) is 1.33. The van der Waals surface area contributed by atoms with Crippen LogP contribution in [0, 0.1) is 0 Å². The maximum atomic E-state index is 4.24. The van der Waals surface area contributed by atoms with Crippen molar-refractivity contribution in [3.05, 3.63) is 18.0 Å². The minimum absolute atomic E-state index is 0.584. The average molecular weight is 264 g/mol. The molecule has 0 spiro atoms. The van der Waals surface area contributed by atoms with Crippen LogP contribution in [-0.4, -0.2) is 46.4 Å². The van der Waals surface area contributed by atoms with Crippen LogP contribution in [0.4, 0.5) is 0 Å². The van der Waals surface area contributed by atoms with Crippen molar-refractivity contribution in [2.24, 2.45) is 7.05 Å². The Hall–Kier alpha value is -0.870. The van der Waals surface area contributed by atoms with Crippen LogP contribution in [0.1, 0.15) is 38.8 Å². The Morgan fingerprint density at radius 2 is 2.26 bits per heavy atom. The molecule has 1 aliphatic rings. The fraction of sp³-hybridized carbons (Fsp3) is 0.800. The number of piperidine rings is 1. The van der Waals surface area contributed by atoms with Gasteiger partial charge in [0, 0.05) is 50.5 Å². The molecule has 4 nitrogen and oxygen atoms in total. The van der Waals surface area contributed by atoms with Gasteiger partial charge in [-0.15, -0.1) is 0 Å². The lowest BCUT2D eigenvalue weighted by atomic mass is 10.0. The van der Waals surface area contributed by atoms with Crippen LogP contribution in [-0.2, 0) is 13.5 Å². The van der Waals surface area contributed by atoms with E-state index in [2.05, 4.69) is 35.2 Å². The molecule has 0 aliphatic carbocycles. The predicted molar refractivity (Wildman–Crippen MR) is 79.3 cm³/mol. The molecule has 1 saturated heterocycles. The van der Waals surface area contributed by atoms with Crippen molar-refractivity contribution >= 4 is 0 Å². The lowest BCUT2D eigenvalue weighted by Crippen LogP contribution is -2.47. The molecule has 0 radical (unpaired) electrons. The van der Waals surface area contributed by atoms with E-state index in [-0.39, 0.29) is 0 Å². The maximum absolute atomic E-state index is 4.24. The number of likely N-dealkylation sites (tertiary alicyclic amines) is 1. The Kier molecular flexibility index (Phi) is 5.40. The number of hydrogen-bond acceptors (Lipinski definition) is 3. The minimum atomic E-state index is 0.584. The van der Waals surface area contributed by atoms with Gasteiger partial charge in [0.2, 0.25) is 0 Å². The summed E-state index contributed by atoms with van der Waals surface area (Å²) in [5, 5.41) is 7.84. The van der Waals surface area contributed by atoms with E-state index in [0.717, 1.165) is 19.5 Å². The average Bonchev–Trinajstić information content (AvgIpc) is 2.80. The van der Waals surface area contributed by atoms with Gasteiger partial charge in [-0.25, -0.2) is 0 Å². The molecule has 19 heavy (non-hydrogen) atoms. The van der Waals surface area contributed by atoms with Crippen LogP contribution in [0.25, 0.3) is 0 Å². The molecule has 0 aromatic carbocycles. The maximum Gasteiger partial charge on any atom is 0.0492 e. The molecular formula is C15H28N4. The fourth-order valence-corrected chi connectivity index (χ4v) is 2.86. The lowest BCUT2D eigenvalue weighted by molar-refractivity contribution is 0.144. The second kappa shape index (κ2) is 7.06. The lowest BCUT2D eigenvalue weighted by Gasteiger charge is -2.36. The van der Waals surface area contributed by atoms with Gasteiger partial charge in [0.15, 0.2) is 0 Å². The van der Waals surface area contributed by atoms with E-state index in [1.807, 2.05) is 17.9 Å². The van der Waals surface area contributed by atoms with Crippen LogP contribution in [0.2, 0.25) is 0 Å². The summed E-state index contributed by atoms with van der Waals surface area (Å²) in [6.45, 7) is 7.99. The van der Waals surface area contributed by atoms with Crippen LogP contribution in [0.3, 0.4) is 0 Å². The summed E-state index contributed by atoms with van der Waals surface area (Å²) < 4.78 is 1.99. The summed E-state index contributed by atoms with van der Waals surface area (Å²) in [5.74, 6) is 0. The zero-order valence-corrected chi connectivity index (χ0v) is 12.6. The molecule has 108 valence electrons. The Bertz CT molecular complexity index is 372. The number of nitrogens with zero attached hydrogens (tertiary/aromatic N) is 3. The quantitative estimate of drug-likeness (QED) is 0.851. The first-order chi connectivity index (χ1) is 9.16. The predicted octanol–water partition coefficient (Wildman–Crippen LogP) is 1.82. The highest BCUT2D eigenvalue weighted by Crippen LogP contribution is 2.17. The van der Waals surface area contributed by atoms with Crippen molar-refractivity contribution in [3.8, 4) is 0 Å². The Balaban J connectivity index is 1.83. The molecule has 0 saturated carbocycles. The molecule has 2 rings (SSSR count). The summed E-state index contributed by atoms with van der Waals surface area (Å²) >= 11 is 0. The number of aromatic nitrogens is 2. The second-order valence-corrected chi connectivity index (χ2v) is 5.94. The topological polar surface area (TPSA) is 33.1 Å².